The molecule has 8 nitrogen and oxygen atoms in total. The summed E-state index contributed by atoms with van der Waals surface area (Å²) in [6.45, 7) is 2.87. The Morgan fingerprint density at radius 1 is 1.06 bits per heavy atom. The van der Waals surface area contributed by atoms with Crippen LogP contribution in [0.25, 0.3) is 0 Å². The smallest absolute Gasteiger partial charge is 0.233 e. The number of imide groups is 1. The standard InChI is InChI=1S/C25H31N5O3/c1-26-25(28-14-16-4-2-5-17(12-16)15-29-10-3-6-20(29)31)27-9-11-30-23(32)21-18-7-8-19(13-18)22(21)24(30)33/h2,4-5,7-8,12,18-19,21-22H,3,6,9-11,13-15H2,1H3,(H2,26,27,28). The van der Waals surface area contributed by atoms with Crippen molar-refractivity contribution in [1.29, 1.82) is 0 Å². The fourth-order valence-corrected chi connectivity index (χ4v) is 5.81. The van der Waals surface area contributed by atoms with Crippen molar-refractivity contribution in [2.24, 2.45) is 28.7 Å². The van der Waals surface area contributed by atoms with Gasteiger partial charge in [0, 0.05) is 46.2 Å². The fourth-order valence-electron chi connectivity index (χ4n) is 5.81. The Balaban J connectivity index is 1.10. The summed E-state index contributed by atoms with van der Waals surface area (Å²) in [5.74, 6) is 1.01. The topological polar surface area (TPSA) is 94.1 Å². The van der Waals surface area contributed by atoms with E-state index in [1.165, 1.54) is 4.90 Å². The van der Waals surface area contributed by atoms with Crippen molar-refractivity contribution in [3.8, 4) is 0 Å². The average molecular weight is 450 g/mol. The van der Waals surface area contributed by atoms with Crippen molar-refractivity contribution < 1.29 is 14.4 Å². The number of rotatable bonds is 7. The number of hydrogen-bond acceptors (Lipinski definition) is 4. The molecule has 3 fully saturated rings. The van der Waals surface area contributed by atoms with Crippen LogP contribution in [-0.4, -0.2) is 60.2 Å². The molecule has 1 saturated carbocycles. The van der Waals surface area contributed by atoms with Crippen LogP contribution >= 0.6 is 0 Å². The van der Waals surface area contributed by atoms with E-state index in [4.69, 9.17) is 0 Å². The number of carbonyl (C=O) groups excluding carboxylic acids is 3. The Kier molecular flexibility index (Phi) is 5.91. The molecule has 174 valence electrons. The highest BCUT2D eigenvalue weighted by Crippen LogP contribution is 2.52. The van der Waals surface area contributed by atoms with Crippen LogP contribution in [0.3, 0.4) is 0 Å². The molecule has 2 aliphatic heterocycles. The van der Waals surface area contributed by atoms with E-state index in [2.05, 4.69) is 33.8 Å². The van der Waals surface area contributed by atoms with Crippen LogP contribution in [0.2, 0.25) is 0 Å². The molecule has 0 radical (unpaired) electrons. The van der Waals surface area contributed by atoms with Gasteiger partial charge in [-0.1, -0.05) is 36.4 Å². The van der Waals surface area contributed by atoms with Crippen LogP contribution in [0.4, 0.5) is 0 Å². The third-order valence-electron chi connectivity index (χ3n) is 7.41. The minimum atomic E-state index is -0.145. The Labute approximate surface area is 194 Å². The first-order chi connectivity index (χ1) is 16.0. The van der Waals surface area contributed by atoms with Gasteiger partial charge in [-0.3, -0.25) is 24.3 Å². The van der Waals surface area contributed by atoms with Crippen molar-refractivity contribution in [3.05, 3.63) is 47.5 Å². The number of aliphatic imine (C=N–C) groups is 1. The summed E-state index contributed by atoms with van der Waals surface area (Å²) in [5, 5.41) is 6.50. The average Bonchev–Trinajstić information content (AvgIpc) is 3.58. The van der Waals surface area contributed by atoms with Crippen LogP contribution in [0.5, 0.6) is 0 Å². The summed E-state index contributed by atoms with van der Waals surface area (Å²) < 4.78 is 0. The SMILES string of the molecule is CN=C(NCCN1C(=O)C2C3C=CC(C3)C2C1=O)NCc1cccc(CN2CCCC2=O)c1. The molecule has 33 heavy (non-hydrogen) atoms. The summed E-state index contributed by atoms with van der Waals surface area (Å²) in [6, 6.07) is 8.20. The monoisotopic (exact) mass is 449 g/mol. The van der Waals surface area contributed by atoms with Gasteiger partial charge in [0.2, 0.25) is 17.7 Å². The molecule has 5 rings (SSSR count). The lowest BCUT2D eigenvalue weighted by Gasteiger charge is -2.19. The Hall–Kier alpha value is -3.16. The molecule has 0 aromatic heterocycles. The van der Waals surface area contributed by atoms with Crippen molar-refractivity contribution in [3.63, 3.8) is 0 Å². The number of nitrogens with one attached hydrogen (secondary N) is 2. The maximum Gasteiger partial charge on any atom is 0.233 e. The van der Waals surface area contributed by atoms with Crippen molar-refractivity contribution in [2.75, 3.05) is 26.7 Å². The summed E-state index contributed by atoms with van der Waals surface area (Å²) >= 11 is 0. The molecule has 2 N–H and O–H groups in total. The molecular formula is C25H31N5O3. The van der Waals surface area contributed by atoms with Crippen LogP contribution in [0, 0.1) is 23.7 Å². The van der Waals surface area contributed by atoms with Crippen molar-refractivity contribution >= 4 is 23.7 Å². The van der Waals surface area contributed by atoms with Gasteiger partial charge in [0.1, 0.15) is 0 Å². The number of benzene rings is 1. The third kappa shape index (κ3) is 4.14. The quantitative estimate of drug-likeness (QED) is 0.283. The summed E-state index contributed by atoms with van der Waals surface area (Å²) in [7, 11) is 1.70. The van der Waals surface area contributed by atoms with Crippen LogP contribution < -0.4 is 10.6 Å². The zero-order chi connectivity index (χ0) is 22.9. The zero-order valence-corrected chi connectivity index (χ0v) is 19.0. The van der Waals surface area contributed by atoms with E-state index in [1.54, 1.807) is 7.05 Å². The first-order valence-electron chi connectivity index (χ1n) is 11.9. The van der Waals surface area contributed by atoms with E-state index in [-0.39, 0.29) is 41.4 Å². The number of guanidine groups is 1. The molecule has 2 aliphatic carbocycles. The second-order valence-corrected chi connectivity index (χ2v) is 9.42. The lowest BCUT2D eigenvalue weighted by molar-refractivity contribution is -0.140. The van der Waals surface area contributed by atoms with E-state index in [0.717, 1.165) is 30.5 Å². The lowest BCUT2D eigenvalue weighted by atomic mass is 9.85. The molecule has 2 saturated heterocycles. The number of hydrogen-bond donors (Lipinski definition) is 2. The highest BCUT2D eigenvalue weighted by atomic mass is 16.2. The number of nitrogens with zero attached hydrogens (tertiary/aromatic N) is 3. The molecule has 3 amide bonds. The number of allylic oxidation sites excluding steroid dienone is 2. The van der Waals surface area contributed by atoms with Gasteiger partial charge in [-0.25, -0.2) is 0 Å². The molecule has 0 spiro atoms. The minimum Gasteiger partial charge on any atom is -0.355 e. The van der Waals surface area contributed by atoms with Gasteiger partial charge < -0.3 is 15.5 Å². The van der Waals surface area contributed by atoms with Gasteiger partial charge in [0.05, 0.1) is 11.8 Å². The first kappa shape index (κ1) is 21.7. The summed E-state index contributed by atoms with van der Waals surface area (Å²) in [6.07, 6.45) is 6.77. The first-order valence-corrected chi connectivity index (χ1v) is 11.9. The summed E-state index contributed by atoms with van der Waals surface area (Å²) in [4.78, 5) is 45.1. The van der Waals surface area contributed by atoms with Gasteiger partial charge >= 0.3 is 0 Å². The van der Waals surface area contributed by atoms with Crippen molar-refractivity contribution in [2.45, 2.75) is 32.4 Å². The minimum absolute atomic E-state index is 0.0140. The predicted molar refractivity (Wildman–Crippen MR) is 124 cm³/mol. The number of fused-ring (bicyclic) bond motifs is 5. The number of likely N-dealkylation sites (tertiary alicyclic amines) is 2. The molecule has 1 aromatic rings. The van der Waals surface area contributed by atoms with Crippen LogP contribution in [0.1, 0.15) is 30.4 Å². The maximum atomic E-state index is 12.8. The molecule has 4 aliphatic rings. The molecule has 4 unspecified atom stereocenters. The van der Waals surface area contributed by atoms with E-state index >= 15 is 0 Å². The normalized spacial score (nSPS) is 28.3. The van der Waals surface area contributed by atoms with Gasteiger partial charge in [-0.15, -0.1) is 0 Å². The molecular weight excluding hydrogens is 418 g/mol. The van der Waals surface area contributed by atoms with E-state index in [0.29, 0.717) is 38.6 Å². The molecule has 8 heteroatoms. The van der Waals surface area contributed by atoms with E-state index in [9.17, 15) is 14.4 Å². The van der Waals surface area contributed by atoms with Crippen LogP contribution in [0.15, 0.2) is 41.4 Å². The Bertz CT molecular complexity index is 989. The van der Waals surface area contributed by atoms with Crippen molar-refractivity contribution in [1.82, 2.24) is 20.4 Å². The van der Waals surface area contributed by atoms with Crippen LogP contribution in [-0.2, 0) is 27.5 Å². The summed E-state index contributed by atoms with van der Waals surface area (Å²) in [5.41, 5.74) is 2.22. The van der Waals surface area contributed by atoms with Gasteiger partial charge in [-0.2, -0.15) is 0 Å². The number of carbonyl (C=O) groups is 3. The van der Waals surface area contributed by atoms with E-state index < -0.39 is 0 Å². The molecule has 4 atom stereocenters. The van der Waals surface area contributed by atoms with Gasteiger partial charge in [-0.05, 0) is 35.8 Å². The molecule has 1 aromatic carbocycles. The second-order valence-electron chi connectivity index (χ2n) is 9.42. The van der Waals surface area contributed by atoms with Gasteiger partial charge in [0.25, 0.3) is 0 Å². The predicted octanol–water partition coefficient (Wildman–Crippen LogP) is 1.28. The zero-order valence-electron chi connectivity index (χ0n) is 19.0. The Morgan fingerprint density at radius 3 is 2.45 bits per heavy atom. The number of amides is 3. The fraction of sp³-hybridized carbons (Fsp3) is 0.520. The highest BCUT2D eigenvalue weighted by Gasteiger charge is 2.58. The largest absolute Gasteiger partial charge is 0.355 e. The molecule has 2 heterocycles. The maximum absolute atomic E-state index is 12.8. The Morgan fingerprint density at radius 2 is 1.79 bits per heavy atom. The van der Waals surface area contributed by atoms with Gasteiger partial charge in [0.15, 0.2) is 5.96 Å². The highest BCUT2D eigenvalue weighted by molar-refractivity contribution is 6.06. The third-order valence-corrected chi connectivity index (χ3v) is 7.41. The van der Waals surface area contributed by atoms with E-state index in [1.807, 2.05) is 23.1 Å². The lowest BCUT2D eigenvalue weighted by Crippen LogP contribution is -2.43. The molecule has 2 bridgehead atoms. The second kappa shape index (κ2) is 9.00.